The molecule has 0 aliphatic carbocycles. The van der Waals surface area contributed by atoms with E-state index in [4.69, 9.17) is 4.74 Å². The van der Waals surface area contributed by atoms with Crippen molar-refractivity contribution in [1.29, 1.82) is 0 Å². The zero-order valence-corrected chi connectivity index (χ0v) is 21.5. The number of carbonyl (C=O) groups is 2. The number of halogens is 1. The molecule has 6 heteroatoms. The molecule has 3 aromatic carbocycles. The van der Waals surface area contributed by atoms with E-state index < -0.39 is 11.9 Å². The van der Waals surface area contributed by atoms with Gasteiger partial charge in [-0.25, -0.2) is 4.39 Å². The summed E-state index contributed by atoms with van der Waals surface area (Å²) in [6.45, 7) is 7.50. The summed E-state index contributed by atoms with van der Waals surface area (Å²) in [6, 6.07) is 20.6. The molecule has 0 spiro atoms. The molecule has 2 amide bonds. The van der Waals surface area contributed by atoms with E-state index in [2.05, 4.69) is 5.32 Å². The summed E-state index contributed by atoms with van der Waals surface area (Å²) in [4.78, 5) is 28.5. The van der Waals surface area contributed by atoms with E-state index in [0.29, 0.717) is 17.7 Å². The Morgan fingerprint density at radius 2 is 1.67 bits per heavy atom. The van der Waals surface area contributed by atoms with Crippen LogP contribution < -0.4 is 10.1 Å². The van der Waals surface area contributed by atoms with Gasteiger partial charge in [-0.2, -0.15) is 0 Å². The van der Waals surface area contributed by atoms with Crippen molar-refractivity contribution in [3.8, 4) is 5.75 Å². The Morgan fingerprint density at radius 3 is 2.36 bits per heavy atom. The summed E-state index contributed by atoms with van der Waals surface area (Å²) >= 11 is 0. The van der Waals surface area contributed by atoms with Crippen LogP contribution in [0.1, 0.15) is 42.5 Å². The van der Waals surface area contributed by atoms with Gasteiger partial charge in [-0.1, -0.05) is 67.6 Å². The zero-order valence-electron chi connectivity index (χ0n) is 21.5. The predicted octanol–water partition coefficient (Wildman–Crippen LogP) is 5.38. The van der Waals surface area contributed by atoms with Crippen LogP contribution >= 0.6 is 0 Å². The first-order valence-electron chi connectivity index (χ1n) is 12.4. The molecule has 0 unspecified atom stereocenters. The molecule has 2 atom stereocenters. The Morgan fingerprint density at radius 1 is 0.972 bits per heavy atom. The highest BCUT2D eigenvalue weighted by atomic mass is 19.1. The first kappa shape index (κ1) is 26.9. The fourth-order valence-electron chi connectivity index (χ4n) is 3.91. The Labute approximate surface area is 213 Å². The van der Waals surface area contributed by atoms with Gasteiger partial charge in [0.15, 0.2) is 6.61 Å². The number of hydrogen-bond acceptors (Lipinski definition) is 3. The van der Waals surface area contributed by atoms with Crippen LogP contribution in [0.15, 0.2) is 72.8 Å². The van der Waals surface area contributed by atoms with E-state index in [1.54, 1.807) is 18.2 Å². The van der Waals surface area contributed by atoms with Gasteiger partial charge in [0.1, 0.15) is 17.6 Å². The van der Waals surface area contributed by atoms with Crippen LogP contribution in [0.2, 0.25) is 0 Å². The summed E-state index contributed by atoms with van der Waals surface area (Å²) in [5.41, 5.74) is 3.25. The SMILES string of the molecule is CC[C@H](C)NC(=O)[C@H](Cc1ccccc1)N(Cc1ccccc1F)C(=O)COc1cccc(C)c1C. The van der Waals surface area contributed by atoms with Gasteiger partial charge in [0.2, 0.25) is 5.91 Å². The Balaban J connectivity index is 1.94. The molecule has 5 nitrogen and oxygen atoms in total. The maximum Gasteiger partial charge on any atom is 0.261 e. The number of amides is 2. The van der Waals surface area contributed by atoms with Gasteiger partial charge >= 0.3 is 0 Å². The third-order valence-electron chi connectivity index (χ3n) is 6.48. The summed E-state index contributed by atoms with van der Waals surface area (Å²) in [5, 5.41) is 3.01. The number of carbonyl (C=O) groups excluding carboxylic acids is 2. The maximum atomic E-state index is 14.6. The standard InChI is InChI=1S/C30H35FN2O3/c1-5-22(3)32-30(35)27(18-24-13-7-6-8-14-24)33(19-25-15-9-10-16-26(25)31)29(34)20-36-28-17-11-12-21(2)23(28)4/h6-17,22,27H,5,18-20H2,1-4H3,(H,32,35)/t22-,27-/m0/s1. The molecule has 0 radical (unpaired) electrons. The normalized spacial score (nSPS) is 12.5. The summed E-state index contributed by atoms with van der Waals surface area (Å²) in [6.07, 6.45) is 1.05. The molecule has 1 N–H and O–H groups in total. The topological polar surface area (TPSA) is 58.6 Å². The van der Waals surface area contributed by atoms with Crippen LogP contribution in [-0.2, 0) is 22.6 Å². The first-order valence-corrected chi connectivity index (χ1v) is 12.4. The van der Waals surface area contributed by atoms with Crippen molar-refractivity contribution in [2.75, 3.05) is 6.61 Å². The second kappa shape index (κ2) is 12.9. The fraction of sp³-hybridized carbons (Fsp3) is 0.333. The Bertz CT molecular complexity index is 1170. The molecule has 0 fully saturated rings. The van der Waals surface area contributed by atoms with Crippen molar-refractivity contribution in [2.45, 2.75) is 59.2 Å². The first-order chi connectivity index (χ1) is 17.3. The van der Waals surface area contributed by atoms with Gasteiger partial charge in [-0.05, 0) is 56.0 Å². The van der Waals surface area contributed by atoms with E-state index in [1.807, 2.05) is 76.2 Å². The molecular formula is C30H35FN2O3. The number of nitrogens with one attached hydrogen (secondary N) is 1. The van der Waals surface area contributed by atoms with Crippen molar-refractivity contribution >= 4 is 11.8 Å². The lowest BCUT2D eigenvalue weighted by Crippen LogP contribution is -2.53. The summed E-state index contributed by atoms with van der Waals surface area (Å²) < 4.78 is 20.5. The Hall–Kier alpha value is -3.67. The second-order valence-corrected chi connectivity index (χ2v) is 9.12. The lowest BCUT2D eigenvalue weighted by molar-refractivity contribution is -0.143. The molecule has 190 valence electrons. The molecule has 0 saturated heterocycles. The van der Waals surface area contributed by atoms with Crippen LogP contribution in [0.25, 0.3) is 0 Å². The molecule has 3 rings (SSSR count). The van der Waals surface area contributed by atoms with Crippen molar-refractivity contribution in [3.05, 3.63) is 101 Å². The highest BCUT2D eigenvalue weighted by Crippen LogP contribution is 2.22. The average Bonchev–Trinajstić information content (AvgIpc) is 2.88. The zero-order chi connectivity index (χ0) is 26.1. The number of rotatable bonds is 11. The average molecular weight is 491 g/mol. The maximum absolute atomic E-state index is 14.6. The van der Waals surface area contributed by atoms with Crippen molar-refractivity contribution < 1.29 is 18.7 Å². The van der Waals surface area contributed by atoms with Crippen molar-refractivity contribution in [3.63, 3.8) is 0 Å². The monoisotopic (exact) mass is 490 g/mol. The highest BCUT2D eigenvalue weighted by molar-refractivity contribution is 5.88. The van der Waals surface area contributed by atoms with E-state index in [1.165, 1.54) is 11.0 Å². The second-order valence-electron chi connectivity index (χ2n) is 9.12. The number of ether oxygens (including phenoxy) is 1. The van der Waals surface area contributed by atoms with E-state index in [0.717, 1.165) is 23.1 Å². The van der Waals surface area contributed by atoms with Crippen LogP contribution in [0, 0.1) is 19.7 Å². The third-order valence-corrected chi connectivity index (χ3v) is 6.48. The largest absolute Gasteiger partial charge is 0.483 e. The smallest absolute Gasteiger partial charge is 0.261 e. The van der Waals surface area contributed by atoms with Crippen LogP contribution in [0.4, 0.5) is 4.39 Å². The van der Waals surface area contributed by atoms with Gasteiger partial charge < -0.3 is 15.0 Å². The van der Waals surface area contributed by atoms with Gasteiger partial charge in [0, 0.05) is 24.6 Å². The number of hydrogen-bond donors (Lipinski definition) is 1. The fourth-order valence-corrected chi connectivity index (χ4v) is 3.91. The number of benzene rings is 3. The van der Waals surface area contributed by atoms with E-state index in [-0.39, 0.29) is 31.0 Å². The molecule has 0 saturated carbocycles. The van der Waals surface area contributed by atoms with Crippen LogP contribution in [0.5, 0.6) is 5.75 Å². The van der Waals surface area contributed by atoms with Gasteiger partial charge in [-0.3, -0.25) is 9.59 Å². The van der Waals surface area contributed by atoms with Gasteiger partial charge in [0.25, 0.3) is 5.91 Å². The van der Waals surface area contributed by atoms with Gasteiger partial charge in [-0.15, -0.1) is 0 Å². The molecule has 36 heavy (non-hydrogen) atoms. The summed E-state index contributed by atoms with van der Waals surface area (Å²) in [7, 11) is 0. The van der Waals surface area contributed by atoms with Gasteiger partial charge in [0.05, 0.1) is 0 Å². The van der Waals surface area contributed by atoms with Crippen LogP contribution in [0.3, 0.4) is 0 Å². The van der Waals surface area contributed by atoms with E-state index in [9.17, 15) is 14.0 Å². The molecular weight excluding hydrogens is 455 g/mol. The Kier molecular flexibility index (Phi) is 9.62. The minimum absolute atomic E-state index is 0.0485. The molecule has 0 aromatic heterocycles. The molecule has 0 aliphatic heterocycles. The summed E-state index contributed by atoms with van der Waals surface area (Å²) in [5.74, 6) is -0.478. The minimum atomic E-state index is -0.837. The lowest BCUT2D eigenvalue weighted by Gasteiger charge is -2.32. The lowest BCUT2D eigenvalue weighted by atomic mass is 10.0. The minimum Gasteiger partial charge on any atom is -0.483 e. The van der Waals surface area contributed by atoms with Crippen LogP contribution in [-0.4, -0.2) is 35.4 Å². The quantitative estimate of drug-likeness (QED) is 0.393. The molecule has 0 bridgehead atoms. The predicted molar refractivity (Wildman–Crippen MR) is 140 cm³/mol. The van der Waals surface area contributed by atoms with Crippen molar-refractivity contribution in [2.24, 2.45) is 0 Å². The molecule has 3 aromatic rings. The number of nitrogens with zero attached hydrogens (tertiary/aromatic N) is 1. The highest BCUT2D eigenvalue weighted by Gasteiger charge is 2.31. The third kappa shape index (κ3) is 7.17. The molecule has 0 aliphatic rings. The van der Waals surface area contributed by atoms with Crippen molar-refractivity contribution in [1.82, 2.24) is 10.2 Å². The molecule has 0 heterocycles. The number of aryl methyl sites for hydroxylation is 1. The van der Waals surface area contributed by atoms with E-state index >= 15 is 0 Å².